The van der Waals surface area contributed by atoms with Crippen molar-refractivity contribution in [3.8, 4) is 17.0 Å². The topological polar surface area (TPSA) is 46.5 Å². The van der Waals surface area contributed by atoms with Gasteiger partial charge in [-0.25, -0.2) is 0 Å². The Labute approximate surface area is 177 Å². The second-order valence-electron chi connectivity index (χ2n) is 8.72. The number of nitrogens with zero attached hydrogens (tertiary/aromatic N) is 2. The molecule has 2 bridgehead atoms. The van der Waals surface area contributed by atoms with Crippen molar-refractivity contribution in [2.75, 3.05) is 14.2 Å². The van der Waals surface area contributed by atoms with Gasteiger partial charge in [-0.15, -0.1) is 0 Å². The van der Waals surface area contributed by atoms with E-state index in [4.69, 9.17) is 4.74 Å². The largest absolute Gasteiger partial charge is 0.497 e. The van der Waals surface area contributed by atoms with Gasteiger partial charge in [-0.05, 0) is 56.5 Å². The van der Waals surface area contributed by atoms with Crippen molar-refractivity contribution in [1.82, 2.24) is 14.8 Å². The maximum atomic E-state index is 13.7. The van der Waals surface area contributed by atoms with Crippen molar-refractivity contribution in [2.24, 2.45) is 7.05 Å². The van der Waals surface area contributed by atoms with Gasteiger partial charge in [-0.1, -0.05) is 30.3 Å². The van der Waals surface area contributed by atoms with Crippen LogP contribution in [-0.2, 0) is 7.05 Å². The standard InChI is InChI=1S/C25H29N3O2/c1-27-18-9-10-19(27)14-17(13-18)26-25(29)23-21-15-20(30-3)11-12-22(21)28(2)24(23)16-7-5-4-6-8-16/h4-8,11-12,15,17-19H,9-10,13-14H2,1-3H3,(H,26,29)/t17?,18-,19+. The minimum Gasteiger partial charge on any atom is -0.497 e. The SMILES string of the molecule is COc1ccc2c(c1)c(C(=O)NC1C[C@H]3CC[C@@H](C1)N3C)c(-c1ccccc1)n2C. The number of rotatable bonds is 4. The number of hydrogen-bond acceptors (Lipinski definition) is 3. The lowest BCUT2D eigenvalue weighted by molar-refractivity contribution is 0.0884. The number of hydrogen-bond donors (Lipinski definition) is 1. The van der Waals surface area contributed by atoms with Crippen LogP contribution in [0.25, 0.3) is 22.2 Å². The zero-order chi connectivity index (χ0) is 20.8. The van der Waals surface area contributed by atoms with Gasteiger partial charge in [0.15, 0.2) is 0 Å². The molecule has 3 atom stereocenters. The van der Waals surface area contributed by atoms with Gasteiger partial charge in [0.2, 0.25) is 0 Å². The van der Waals surface area contributed by atoms with Crippen molar-refractivity contribution in [3.05, 3.63) is 54.1 Å². The van der Waals surface area contributed by atoms with Crippen LogP contribution < -0.4 is 10.1 Å². The Morgan fingerprint density at radius 3 is 2.40 bits per heavy atom. The van der Waals surface area contributed by atoms with Crippen molar-refractivity contribution < 1.29 is 9.53 Å². The maximum Gasteiger partial charge on any atom is 0.254 e. The molecule has 0 aliphatic carbocycles. The van der Waals surface area contributed by atoms with Crippen LogP contribution in [0.2, 0.25) is 0 Å². The number of carbonyl (C=O) groups excluding carboxylic acids is 1. The van der Waals surface area contributed by atoms with Crippen LogP contribution in [0.4, 0.5) is 0 Å². The van der Waals surface area contributed by atoms with Gasteiger partial charge in [0.1, 0.15) is 5.75 Å². The Bertz CT molecular complexity index is 1070. The molecule has 2 aromatic carbocycles. The number of fused-ring (bicyclic) bond motifs is 3. The molecule has 0 spiro atoms. The maximum absolute atomic E-state index is 13.7. The first-order valence-corrected chi connectivity index (χ1v) is 10.8. The molecule has 5 nitrogen and oxygen atoms in total. The zero-order valence-electron chi connectivity index (χ0n) is 17.9. The number of ether oxygens (including phenoxy) is 1. The Kier molecular flexibility index (Phi) is 4.78. The average Bonchev–Trinajstić information content (AvgIpc) is 3.15. The highest BCUT2D eigenvalue weighted by atomic mass is 16.5. The number of nitrogens with one attached hydrogen (secondary N) is 1. The predicted octanol–water partition coefficient (Wildman–Crippen LogP) is 4.21. The van der Waals surface area contributed by atoms with Gasteiger partial charge in [0, 0.05) is 36.1 Å². The molecule has 2 aliphatic rings. The fourth-order valence-corrected chi connectivity index (χ4v) is 5.50. The molecule has 1 aromatic heterocycles. The van der Waals surface area contributed by atoms with Gasteiger partial charge < -0.3 is 19.5 Å². The summed E-state index contributed by atoms with van der Waals surface area (Å²) in [5.41, 5.74) is 3.77. The molecule has 3 aromatic rings. The van der Waals surface area contributed by atoms with Crippen LogP contribution in [0.15, 0.2) is 48.5 Å². The monoisotopic (exact) mass is 403 g/mol. The van der Waals surface area contributed by atoms with Crippen LogP contribution in [0.3, 0.4) is 0 Å². The number of piperidine rings is 1. The van der Waals surface area contributed by atoms with Crippen LogP contribution in [-0.4, -0.2) is 47.7 Å². The molecule has 2 aliphatic heterocycles. The van der Waals surface area contributed by atoms with E-state index in [9.17, 15) is 4.79 Å². The molecule has 0 saturated carbocycles. The Morgan fingerprint density at radius 2 is 1.73 bits per heavy atom. The summed E-state index contributed by atoms with van der Waals surface area (Å²) in [5, 5.41) is 4.32. The molecule has 0 radical (unpaired) electrons. The summed E-state index contributed by atoms with van der Waals surface area (Å²) >= 11 is 0. The van der Waals surface area contributed by atoms with E-state index >= 15 is 0 Å². The molecule has 1 amide bonds. The first kappa shape index (κ1) is 19.2. The quantitative estimate of drug-likeness (QED) is 0.710. The van der Waals surface area contributed by atoms with Gasteiger partial charge >= 0.3 is 0 Å². The highest BCUT2D eigenvalue weighted by Gasteiger charge is 2.39. The van der Waals surface area contributed by atoms with Crippen molar-refractivity contribution >= 4 is 16.8 Å². The van der Waals surface area contributed by atoms with Crippen LogP contribution >= 0.6 is 0 Å². The van der Waals surface area contributed by atoms with Gasteiger partial charge in [0.05, 0.1) is 18.4 Å². The zero-order valence-corrected chi connectivity index (χ0v) is 17.9. The van der Waals surface area contributed by atoms with E-state index in [-0.39, 0.29) is 11.9 Å². The van der Waals surface area contributed by atoms with Crippen molar-refractivity contribution in [2.45, 2.75) is 43.8 Å². The highest BCUT2D eigenvalue weighted by molar-refractivity contribution is 6.13. The molecule has 2 saturated heterocycles. The van der Waals surface area contributed by atoms with E-state index in [1.807, 2.05) is 43.4 Å². The Morgan fingerprint density at radius 1 is 1.03 bits per heavy atom. The third kappa shape index (κ3) is 3.08. The molecule has 2 fully saturated rings. The molecule has 1 unspecified atom stereocenters. The van der Waals surface area contributed by atoms with E-state index < -0.39 is 0 Å². The average molecular weight is 404 g/mol. The number of benzene rings is 2. The fraction of sp³-hybridized carbons (Fsp3) is 0.400. The predicted molar refractivity (Wildman–Crippen MR) is 120 cm³/mol. The van der Waals surface area contributed by atoms with Crippen molar-refractivity contribution in [3.63, 3.8) is 0 Å². The van der Waals surface area contributed by atoms with E-state index in [0.717, 1.165) is 46.3 Å². The second kappa shape index (κ2) is 7.47. The summed E-state index contributed by atoms with van der Waals surface area (Å²) in [6.07, 6.45) is 4.56. The third-order valence-corrected chi connectivity index (χ3v) is 7.11. The first-order chi connectivity index (χ1) is 14.6. The molecule has 5 rings (SSSR count). The summed E-state index contributed by atoms with van der Waals surface area (Å²) in [5.74, 6) is 0.778. The minimum absolute atomic E-state index is 0.0154. The van der Waals surface area contributed by atoms with E-state index in [1.54, 1.807) is 7.11 Å². The number of methoxy groups -OCH3 is 1. The summed E-state index contributed by atoms with van der Waals surface area (Å²) < 4.78 is 7.59. The lowest BCUT2D eigenvalue weighted by Gasteiger charge is -2.36. The number of carbonyl (C=O) groups is 1. The van der Waals surface area contributed by atoms with E-state index in [1.165, 1.54) is 12.8 Å². The molecule has 156 valence electrons. The van der Waals surface area contributed by atoms with Crippen LogP contribution in [0.1, 0.15) is 36.0 Å². The Hall–Kier alpha value is -2.79. The van der Waals surface area contributed by atoms with Gasteiger partial charge in [-0.2, -0.15) is 0 Å². The normalized spacial score (nSPS) is 23.6. The lowest BCUT2D eigenvalue weighted by atomic mass is 9.97. The van der Waals surface area contributed by atoms with E-state index in [0.29, 0.717) is 12.1 Å². The van der Waals surface area contributed by atoms with Gasteiger partial charge in [0.25, 0.3) is 5.91 Å². The molecule has 30 heavy (non-hydrogen) atoms. The molecular formula is C25H29N3O2. The fourth-order valence-electron chi connectivity index (χ4n) is 5.50. The summed E-state index contributed by atoms with van der Waals surface area (Å²) in [4.78, 5) is 16.2. The molecular weight excluding hydrogens is 374 g/mol. The number of aromatic nitrogens is 1. The summed E-state index contributed by atoms with van der Waals surface area (Å²) in [6, 6.07) is 17.6. The molecule has 3 heterocycles. The second-order valence-corrected chi connectivity index (χ2v) is 8.72. The third-order valence-electron chi connectivity index (χ3n) is 7.11. The smallest absolute Gasteiger partial charge is 0.254 e. The molecule has 1 N–H and O–H groups in total. The summed E-state index contributed by atoms with van der Waals surface area (Å²) in [6.45, 7) is 0. The van der Waals surface area contributed by atoms with Gasteiger partial charge in [-0.3, -0.25) is 4.79 Å². The summed E-state index contributed by atoms with van der Waals surface area (Å²) in [7, 11) is 5.92. The number of amides is 1. The van der Waals surface area contributed by atoms with Crippen molar-refractivity contribution in [1.29, 1.82) is 0 Å². The van der Waals surface area contributed by atoms with Crippen LogP contribution in [0.5, 0.6) is 5.75 Å². The van der Waals surface area contributed by atoms with Crippen LogP contribution in [0, 0.1) is 0 Å². The number of aryl methyl sites for hydroxylation is 1. The molecule has 5 heteroatoms. The first-order valence-electron chi connectivity index (χ1n) is 10.8. The highest BCUT2D eigenvalue weighted by Crippen LogP contribution is 2.37. The van der Waals surface area contributed by atoms with E-state index in [2.05, 4.69) is 34.0 Å². The lowest BCUT2D eigenvalue weighted by Crippen LogP contribution is -2.48. The Balaban J connectivity index is 1.57. The minimum atomic E-state index is 0.0154.